The molecule has 0 atom stereocenters. The first-order valence-electron chi connectivity index (χ1n) is 8.36. The van der Waals surface area contributed by atoms with Crippen LogP contribution in [0.15, 0.2) is 54.2 Å². The van der Waals surface area contributed by atoms with Crippen LogP contribution < -0.4 is 10.2 Å². The minimum atomic E-state index is -4.54. The molecule has 0 aliphatic rings. The van der Waals surface area contributed by atoms with Gasteiger partial charge in [0.2, 0.25) is 0 Å². The SMILES string of the molecule is C=CCc1cc(/C=N\NC(=O)c2cccc(C(F)(F)F)c2)cc(OCC)c1O. The second-order valence-corrected chi connectivity index (χ2v) is 5.73. The Balaban J connectivity index is 2.18. The van der Waals surface area contributed by atoms with Crippen LogP contribution in [0.1, 0.15) is 34.0 Å². The van der Waals surface area contributed by atoms with Crippen LogP contribution >= 0.6 is 0 Å². The van der Waals surface area contributed by atoms with Gasteiger partial charge in [-0.15, -0.1) is 6.58 Å². The van der Waals surface area contributed by atoms with Gasteiger partial charge in [-0.2, -0.15) is 18.3 Å². The number of carbonyl (C=O) groups excluding carboxylic acids is 1. The van der Waals surface area contributed by atoms with Crippen LogP contribution in [0.4, 0.5) is 13.2 Å². The first kappa shape index (κ1) is 21.0. The van der Waals surface area contributed by atoms with Crippen LogP contribution in [0, 0.1) is 0 Å². The summed E-state index contributed by atoms with van der Waals surface area (Å²) in [6.07, 6.45) is -1.23. The van der Waals surface area contributed by atoms with Crippen LogP contribution in [-0.4, -0.2) is 23.8 Å². The van der Waals surface area contributed by atoms with E-state index in [1.165, 1.54) is 18.3 Å². The zero-order valence-electron chi connectivity index (χ0n) is 15.1. The zero-order chi connectivity index (χ0) is 20.7. The van der Waals surface area contributed by atoms with Crippen molar-refractivity contribution in [2.45, 2.75) is 19.5 Å². The smallest absolute Gasteiger partial charge is 0.416 e. The fraction of sp³-hybridized carbons (Fsp3) is 0.200. The fourth-order valence-corrected chi connectivity index (χ4v) is 2.41. The summed E-state index contributed by atoms with van der Waals surface area (Å²) in [5, 5.41) is 13.9. The zero-order valence-corrected chi connectivity index (χ0v) is 15.1. The highest BCUT2D eigenvalue weighted by atomic mass is 19.4. The van der Waals surface area contributed by atoms with Crippen molar-refractivity contribution < 1.29 is 27.8 Å². The predicted molar refractivity (Wildman–Crippen MR) is 99.7 cm³/mol. The number of hydrogen-bond acceptors (Lipinski definition) is 4. The van der Waals surface area contributed by atoms with E-state index in [4.69, 9.17) is 4.74 Å². The van der Waals surface area contributed by atoms with Crippen molar-refractivity contribution in [3.63, 3.8) is 0 Å². The molecule has 28 heavy (non-hydrogen) atoms. The second kappa shape index (κ2) is 9.07. The third-order valence-corrected chi connectivity index (χ3v) is 3.67. The number of amides is 1. The van der Waals surface area contributed by atoms with Crippen molar-refractivity contribution >= 4 is 12.1 Å². The van der Waals surface area contributed by atoms with E-state index in [-0.39, 0.29) is 17.1 Å². The van der Waals surface area contributed by atoms with Crippen molar-refractivity contribution in [1.29, 1.82) is 0 Å². The molecule has 0 fully saturated rings. The molecule has 0 saturated heterocycles. The summed E-state index contributed by atoms with van der Waals surface area (Å²) >= 11 is 0. The molecule has 1 amide bonds. The lowest BCUT2D eigenvalue weighted by molar-refractivity contribution is -0.137. The van der Waals surface area contributed by atoms with E-state index in [0.717, 1.165) is 18.2 Å². The van der Waals surface area contributed by atoms with Gasteiger partial charge >= 0.3 is 6.18 Å². The monoisotopic (exact) mass is 392 g/mol. The maximum absolute atomic E-state index is 12.7. The minimum absolute atomic E-state index is 0.00750. The molecule has 2 N–H and O–H groups in total. The van der Waals surface area contributed by atoms with Gasteiger partial charge in [-0.1, -0.05) is 12.1 Å². The molecular formula is C20H19F3N2O3. The lowest BCUT2D eigenvalue weighted by Crippen LogP contribution is -2.18. The number of benzene rings is 2. The van der Waals surface area contributed by atoms with E-state index in [1.807, 2.05) is 0 Å². The number of nitrogens with zero attached hydrogens (tertiary/aromatic N) is 1. The number of phenolic OH excluding ortho intramolecular Hbond substituents is 1. The number of carbonyl (C=O) groups is 1. The number of ether oxygens (including phenoxy) is 1. The molecule has 8 heteroatoms. The van der Waals surface area contributed by atoms with E-state index < -0.39 is 17.6 Å². The van der Waals surface area contributed by atoms with Crippen molar-refractivity contribution in [2.24, 2.45) is 5.10 Å². The molecule has 0 aliphatic heterocycles. The van der Waals surface area contributed by atoms with Crippen molar-refractivity contribution in [3.05, 3.63) is 71.3 Å². The number of nitrogens with one attached hydrogen (secondary N) is 1. The first-order chi connectivity index (χ1) is 13.3. The van der Waals surface area contributed by atoms with Gasteiger partial charge in [0.15, 0.2) is 11.5 Å². The standard InChI is InChI=1S/C20H19F3N2O3/c1-3-6-14-9-13(10-17(18(14)26)28-4-2)12-24-25-19(27)15-7-5-8-16(11-15)20(21,22)23/h3,5,7-12,26H,1,4,6H2,2H3,(H,25,27)/b24-12-. The van der Waals surface area contributed by atoms with Gasteiger partial charge < -0.3 is 9.84 Å². The quantitative estimate of drug-likeness (QED) is 0.419. The average Bonchev–Trinajstić information content (AvgIpc) is 2.65. The van der Waals surface area contributed by atoms with Crippen LogP contribution in [0.2, 0.25) is 0 Å². The Morgan fingerprint density at radius 3 is 2.71 bits per heavy atom. The minimum Gasteiger partial charge on any atom is -0.504 e. The van der Waals surface area contributed by atoms with Gasteiger partial charge in [0.25, 0.3) is 5.91 Å². The number of aromatic hydroxyl groups is 1. The molecule has 0 spiro atoms. The Labute approximate surface area is 160 Å². The number of hydrazone groups is 1. The number of allylic oxidation sites excluding steroid dienone is 1. The Morgan fingerprint density at radius 2 is 2.07 bits per heavy atom. The maximum atomic E-state index is 12.7. The highest BCUT2D eigenvalue weighted by Crippen LogP contribution is 2.32. The Kier molecular flexibility index (Phi) is 6.81. The summed E-state index contributed by atoms with van der Waals surface area (Å²) in [6, 6.07) is 7.21. The molecule has 0 radical (unpaired) electrons. The van der Waals surface area contributed by atoms with Gasteiger partial charge in [0.05, 0.1) is 18.4 Å². The molecule has 0 aliphatic carbocycles. The first-order valence-corrected chi connectivity index (χ1v) is 8.36. The predicted octanol–water partition coefficient (Wildman–Crippen LogP) is 4.30. The molecular weight excluding hydrogens is 373 g/mol. The van der Waals surface area contributed by atoms with Gasteiger partial charge in [-0.25, -0.2) is 5.43 Å². The summed E-state index contributed by atoms with van der Waals surface area (Å²) in [6.45, 7) is 5.73. The Hall–Kier alpha value is -3.29. The summed E-state index contributed by atoms with van der Waals surface area (Å²) in [7, 11) is 0. The Morgan fingerprint density at radius 1 is 1.32 bits per heavy atom. The maximum Gasteiger partial charge on any atom is 0.416 e. The number of halogens is 3. The van der Waals surface area contributed by atoms with Crippen LogP contribution in [-0.2, 0) is 12.6 Å². The third kappa shape index (κ3) is 5.35. The Bertz CT molecular complexity index is 893. The number of phenols is 1. The van der Waals surface area contributed by atoms with Crippen molar-refractivity contribution in [1.82, 2.24) is 5.43 Å². The molecule has 2 aromatic carbocycles. The highest BCUT2D eigenvalue weighted by Gasteiger charge is 2.30. The summed E-state index contributed by atoms with van der Waals surface area (Å²) in [4.78, 5) is 12.0. The van der Waals surface area contributed by atoms with E-state index in [0.29, 0.717) is 24.2 Å². The van der Waals surface area contributed by atoms with Gasteiger partial charge in [0, 0.05) is 11.1 Å². The fourth-order valence-electron chi connectivity index (χ4n) is 2.41. The molecule has 0 heterocycles. The normalized spacial score (nSPS) is 11.4. The van der Waals surface area contributed by atoms with Gasteiger partial charge in [-0.05, 0) is 49.2 Å². The average molecular weight is 392 g/mol. The number of rotatable bonds is 7. The molecule has 0 aromatic heterocycles. The van der Waals surface area contributed by atoms with Gasteiger partial charge in [0.1, 0.15) is 0 Å². The van der Waals surface area contributed by atoms with Crippen LogP contribution in [0.3, 0.4) is 0 Å². The number of hydrogen-bond donors (Lipinski definition) is 2. The molecule has 0 unspecified atom stereocenters. The second-order valence-electron chi connectivity index (χ2n) is 5.73. The molecule has 2 rings (SSSR count). The summed E-state index contributed by atoms with van der Waals surface area (Å²) in [5.74, 6) is -0.531. The molecule has 0 bridgehead atoms. The van der Waals surface area contributed by atoms with Crippen molar-refractivity contribution in [3.8, 4) is 11.5 Å². The van der Waals surface area contributed by atoms with E-state index in [1.54, 1.807) is 19.1 Å². The van der Waals surface area contributed by atoms with E-state index in [2.05, 4.69) is 17.1 Å². The lowest BCUT2D eigenvalue weighted by atomic mass is 10.1. The van der Waals surface area contributed by atoms with Crippen molar-refractivity contribution in [2.75, 3.05) is 6.61 Å². The summed E-state index contributed by atoms with van der Waals surface area (Å²) < 4.78 is 43.6. The highest BCUT2D eigenvalue weighted by molar-refractivity contribution is 5.95. The lowest BCUT2D eigenvalue weighted by Gasteiger charge is -2.11. The molecule has 148 valence electrons. The largest absolute Gasteiger partial charge is 0.504 e. The van der Waals surface area contributed by atoms with E-state index in [9.17, 15) is 23.1 Å². The molecule has 5 nitrogen and oxygen atoms in total. The number of alkyl halides is 3. The third-order valence-electron chi connectivity index (χ3n) is 3.67. The van der Waals surface area contributed by atoms with Crippen LogP contribution in [0.25, 0.3) is 0 Å². The topological polar surface area (TPSA) is 70.9 Å². The van der Waals surface area contributed by atoms with E-state index >= 15 is 0 Å². The molecule has 0 saturated carbocycles. The van der Waals surface area contributed by atoms with Crippen LogP contribution in [0.5, 0.6) is 11.5 Å². The summed E-state index contributed by atoms with van der Waals surface area (Å²) in [5.41, 5.74) is 2.19. The molecule has 2 aromatic rings. The van der Waals surface area contributed by atoms with Gasteiger partial charge in [-0.3, -0.25) is 4.79 Å².